The van der Waals surface area contributed by atoms with E-state index in [4.69, 9.17) is 0 Å². The molecule has 0 unspecified atom stereocenters. The van der Waals surface area contributed by atoms with E-state index in [-0.39, 0.29) is 0 Å². The highest BCUT2D eigenvalue weighted by molar-refractivity contribution is 5.87. The summed E-state index contributed by atoms with van der Waals surface area (Å²) in [6.07, 6.45) is 16.3. The maximum atomic E-state index is 2.43. The van der Waals surface area contributed by atoms with E-state index in [2.05, 4.69) is 65.0 Å². The van der Waals surface area contributed by atoms with Crippen molar-refractivity contribution in [3.63, 3.8) is 0 Å². The van der Waals surface area contributed by atoms with E-state index in [0.29, 0.717) is 0 Å². The van der Waals surface area contributed by atoms with Gasteiger partial charge in [-0.05, 0) is 71.9 Å². The lowest BCUT2D eigenvalue weighted by atomic mass is 9.88. The Balaban J connectivity index is 1.98. The molecule has 0 aliphatic rings. The number of unbranched alkanes of at least 4 members (excludes halogenated alkanes) is 6. The van der Waals surface area contributed by atoms with E-state index < -0.39 is 0 Å². The van der Waals surface area contributed by atoms with Gasteiger partial charge in [-0.1, -0.05) is 109 Å². The quantitative estimate of drug-likeness (QED) is 0.280. The zero-order valence-electron chi connectivity index (χ0n) is 20.0. The highest BCUT2D eigenvalue weighted by atomic mass is 14.2. The van der Waals surface area contributed by atoms with Gasteiger partial charge < -0.3 is 0 Å². The average molecular weight is 395 g/mol. The van der Waals surface area contributed by atoms with E-state index in [1.165, 1.54) is 93.4 Å². The first kappa shape index (κ1) is 24.0. The molecule has 29 heavy (non-hydrogen) atoms. The van der Waals surface area contributed by atoms with Crippen LogP contribution in [0.3, 0.4) is 0 Å². The first-order valence-corrected chi connectivity index (χ1v) is 12.5. The molecule has 0 heterocycles. The summed E-state index contributed by atoms with van der Waals surface area (Å²) in [5.41, 5.74) is 4.84. The topological polar surface area (TPSA) is 0 Å². The SMILES string of the molecule is Cc1cc2ccccc2c(CCCCCCC(C)C)c1CCCCCCC(C)C. The number of hydrogen-bond donors (Lipinski definition) is 0. The second kappa shape index (κ2) is 13.1. The molecule has 2 aromatic rings. The Kier molecular flexibility index (Phi) is 10.8. The van der Waals surface area contributed by atoms with Crippen LogP contribution in [0.5, 0.6) is 0 Å². The van der Waals surface area contributed by atoms with E-state index >= 15 is 0 Å². The zero-order valence-corrected chi connectivity index (χ0v) is 20.0. The van der Waals surface area contributed by atoms with Gasteiger partial charge in [0.1, 0.15) is 0 Å². The number of rotatable bonds is 14. The molecule has 0 bridgehead atoms. The van der Waals surface area contributed by atoms with E-state index in [9.17, 15) is 0 Å². The van der Waals surface area contributed by atoms with Crippen molar-refractivity contribution in [3.05, 3.63) is 47.0 Å². The first-order valence-electron chi connectivity index (χ1n) is 12.5. The Bertz CT molecular complexity index is 707. The Morgan fingerprint density at radius 3 is 1.72 bits per heavy atom. The fraction of sp³-hybridized carbons (Fsp3) is 0.655. The third kappa shape index (κ3) is 8.53. The maximum absolute atomic E-state index is 2.43. The minimum Gasteiger partial charge on any atom is -0.0628 e. The molecule has 162 valence electrons. The zero-order chi connectivity index (χ0) is 21.1. The highest BCUT2D eigenvalue weighted by Gasteiger charge is 2.11. The molecule has 2 rings (SSSR count). The van der Waals surface area contributed by atoms with Gasteiger partial charge in [0.25, 0.3) is 0 Å². The molecule has 0 aliphatic carbocycles. The van der Waals surface area contributed by atoms with Gasteiger partial charge in [0, 0.05) is 0 Å². The molecule has 0 aromatic heterocycles. The van der Waals surface area contributed by atoms with Gasteiger partial charge >= 0.3 is 0 Å². The highest BCUT2D eigenvalue weighted by Crippen LogP contribution is 2.29. The molecule has 0 saturated heterocycles. The van der Waals surface area contributed by atoms with E-state index in [1.54, 1.807) is 11.1 Å². The lowest BCUT2D eigenvalue weighted by molar-refractivity contribution is 0.518. The number of benzene rings is 2. The van der Waals surface area contributed by atoms with Crippen molar-refractivity contribution in [1.82, 2.24) is 0 Å². The summed E-state index contributed by atoms with van der Waals surface area (Å²) >= 11 is 0. The van der Waals surface area contributed by atoms with E-state index in [1.807, 2.05) is 0 Å². The van der Waals surface area contributed by atoms with Crippen LogP contribution in [0.2, 0.25) is 0 Å². The van der Waals surface area contributed by atoms with E-state index in [0.717, 1.165) is 11.8 Å². The van der Waals surface area contributed by atoms with Crippen molar-refractivity contribution in [1.29, 1.82) is 0 Å². The molecule has 0 fully saturated rings. The van der Waals surface area contributed by atoms with Crippen LogP contribution in [0.15, 0.2) is 30.3 Å². The smallest absolute Gasteiger partial charge is 0.0149 e. The first-order chi connectivity index (χ1) is 14.0. The Hall–Kier alpha value is -1.30. The molecule has 0 saturated carbocycles. The summed E-state index contributed by atoms with van der Waals surface area (Å²) in [5, 5.41) is 2.94. The number of hydrogen-bond acceptors (Lipinski definition) is 0. The maximum Gasteiger partial charge on any atom is -0.0149 e. The summed E-state index contributed by atoms with van der Waals surface area (Å²) in [6.45, 7) is 11.7. The normalized spacial score (nSPS) is 11.8. The molecular formula is C29H46. The molecule has 0 radical (unpaired) electrons. The summed E-state index contributed by atoms with van der Waals surface area (Å²) in [6, 6.07) is 11.5. The summed E-state index contributed by atoms with van der Waals surface area (Å²) in [7, 11) is 0. The van der Waals surface area contributed by atoms with Crippen molar-refractivity contribution < 1.29 is 0 Å². The second-order valence-corrected chi connectivity index (χ2v) is 10.1. The fourth-order valence-corrected chi connectivity index (χ4v) is 4.67. The number of aryl methyl sites for hydroxylation is 2. The second-order valence-electron chi connectivity index (χ2n) is 10.1. The lowest BCUT2D eigenvalue weighted by Crippen LogP contribution is -2.01. The van der Waals surface area contributed by atoms with Crippen molar-refractivity contribution in [2.24, 2.45) is 11.8 Å². The predicted molar refractivity (Wildman–Crippen MR) is 132 cm³/mol. The van der Waals surface area contributed by atoms with Crippen LogP contribution in [0.4, 0.5) is 0 Å². The molecule has 0 nitrogen and oxygen atoms in total. The van der Waals surface area contributed by atoms with Crippen LogP contribution in [-0.2, 0) is 12.8 Å². The molecule has 0 amide bonds. The van der Waals surface area contributed by atoms with Crippen LogP contribution in [0, 0.1) is 18.8 Å². The molecular weight excluding hydrogens is 348 g/mol. The summed E-state index contributed by atoms with van der Waals surface area (Å²) in [4.78, 5) is 0. The average Bonchev–Trinajstić information content (AvgIpc) is 2.67. The molecule has 0 N–H and O–H groups in total. The Morgan fingerprint density at radius 2 is 1.14 bits per heavy atom. The van der Waals surface area contributed by atoms with Crippen LogP contribution >= 0.6 is 0 Å². The van der Waals surface area contributed by atoms with Crippen molar-refractivity contribution >= 4 is 10.8 Å². The predicted octanol–water partition coefficient (Wildman–Crippen LogP) is 9.45. The third-order valence-corrected chi connectivity index (χ3v) is 6.41. The summed E-state index contributed by atoms with van der Waals surface area (Å²) in [5.74, 6) is 1.70. The molecule has 0 spiro atoms. The molecule has 0 heteroatoms. The van der Waals surface area contributed by atoms with Crippen LogP contribution in [0.25, 0.3) is 10.8 Å². The van der Waals surface area contributed by atoms with Gasteiger partial charge in [0.2, 0.25) is 0 Å². The largest absolute Gasteiger partial charge is 0.0628 e. The lowest BCUT2D eigenvalue weighted by Gasteiger charge is -2.17. The Labute approximate surface area is 181 Å². The van der Waals surface area contributed by atoms with Crippen LogP contribution in [0.1, 0.15) is 109 Å². The van der Waals surface area contributed by atoms with Crippen molar-refractivity contribution in [2.75, 3.05) is 0 Å². The Morgan fingerprint density at radius 1 is 0.621 bits per heavy atom. The molecule has 0 atom stereocenters. The van der Waals surface area contributed by atoms with Crippen LogP contribution < -0.4 is 0 Å². The van der Waals surface area contributed by atoms with Crippen molar-refractivity contribution in [3.8, 4) is 0 Å². The third-order valence-electron chi connectivity index (χ3n) is 6.41. The standard InChI is InChI=1S/C29H46/c1-23(2)16-10-6-8-12-19-27-25(5)22-26-18-14-15-20-28(26)29(27)21-13-9-7-11-17-24(3)4/h14-15,18,20,22-24H,6-13,16-17,19,21H2,1-5H3. The minimum atomic E-state index is 0.850. The van der Waals surface area contributed by atoms with Crippen LogP contribution in [-0.4, -0.2) is 0 Å². The fourth-order valence-electron chi connectivity index (χ4n) is 4.67. The van der Waals surface area contributed by atoms with Gasteiger partial charge in [0.15, 0.2) is 0 Å². The minimum absolute atomic E-state index is 0.850. The van der Waals surface area contributed by atoms with Gasteiger partial charge in [-0.25, -0.2) is 0 Å². The van der Waals surface area contributed by atoms with Gasteiger partial charge in [-0.15, -0.1) is 0 Å². The van der Waals surface area contributed by atoms with Crippen molar-refractivity contribution in [2.45, 2.75) is 112 Å². The molecule has 2 aromatic carbocycles. The van der Waals surface area contributed by atoms with Gasteiger partial charge in [-0.2, -0.15) is 0 Å². The molecule has 0 aliphatic heterocycles. The van der Waals surface area contributed by atoms with Gasteiger partial charge in [-0.3, -0.25) is 0 Å². The monoisotopic (exact) mass is 394 g/mol. The van der Waals surface area contributed by atoms with Gasteiger partial charge in [0.05, 0.1) is 0 Å². The summed E-state index contributed by atoms with van der Waals surface area (Å²) < 4.78 is 0. The number of fused-ring (bicyclic) bond motifs is 1.